The van der Waals surface area contributed by atoms with Gasteiger partial charge in [-0.05, 0) is 21.1 Å². The highest BCUT2D eigenvalue weighted by molar-refractivity contribution is 7.81. The maximum absolute atomic E-state index is 11.5. The van der Waals surface area contributed by atoms with Crippen molar-refractivity contribution >= 4 is 11.1 Å². The van der Waals surface area contributed by atoms with E-state index < -0.39 is 16.1 Å². The molecule has 0 radical (unpaired) electrons. The average molecular weight is 193 g/mol. The smallest absolute Gasteiger partial charge is 0.193 e. The number of nitrogens with one attached hydrogen (secondary N) is 3. The van der Waals surface area contributed by atoms with Crippen molar-refractivity contribution in [2.75, 3.05) is 21.1 Å². The molecule has 0 amide bonds. The van der Waals surface area contributed by atoms with Crippen molar-refractivity contribution < 1.29 is 8.39 Å². The van der Waals surface area contributed by atoms with Crippen LogP contribution in [0.4, 0.5) is 0 Å². The Bertz CT molecular complexity index is 184. The molecule has 3 N–H and O–H groups in total. The maximum Gasteiger partial charge on any atom is 0.193 e. The lowest BCUT2D eigenvalue weighted by Gasteiger charge is -2.23. The van der Waals surface area contributed by atoms with Gasteiger partial charge in [-0.15, -0.1) is 0 Å². The first-order valence-corrected chi connectivity index (χ1v) is 4.90. The highest BCUT2D eigenvalue weighted by Gasteiger charge is 2.45. The summed E-state index contributed by atoms with van der Waals surface area (Å²) in [4.78, 5) is -0.603. The Kier molecular flexibility index (Phi) is 3.19. The summed E-state index contributed by atoms with van der Waals surface area (Å²) in [5.41, 5.74) is 0. The molecule has 0 saturated carbocycles. The number of hydrogen-bond donors (Lipinski definition) is 3. The fraction of sp³-hybridized carbons (Fsp3) is 1.00. The van der Waals surface area contributed by atoms with Gasteiger partial charge in [-0.1, -0.05) is 0 Å². The molecule has 0 aromatic heterocycles. The van der Waals surface area contributed by atoms with Gasteiger partial charge in [0.25, 0.3) is 0 Å². The molecule has 72 valence electrons. The third-order valence-electron chi connectivity index (χ3n) is 2.09. The number of hydrogen-bond acceptors (Lipinski definition) is 5. The third-order valence-corrected chi connectivity index (χ3v) is 3.64. The topological polar surface area (TPSA) is 62.4 Å². The Balaban J connectivity index is 2.72. The van der Waals surface area contributed by atoms with Gasteiger partial charge in [0.2, 0.25) is 0 Å². The summed E-state index contributed by atoms with van der Waals surface area (Å²) in [6.07, 6.45) is 0.495. The molecule has 6 heteroatoms. The minimum atomic E-state index is -1.33. The fourth-order valence-electron chi connectivity index (χ4n) is 1.20. The van der Waals surface area contributed by atoms with E-state index in [-0.39, 0.29) is 6.23 Å². The lowest BCUT2D eigenvalue weighted by atomic mass is 10.3. The summed E-state index contributed by atoms with van der Waals surface area (Å²) < 4.78 is 16.6. The van der Waals surface area contributed by atoms with Gasteiger partial charge in [0, 0.05) is 6.42 Å². The van der Waals surface area contributed by atoms with Crippen molar-refractivity contribution in [1.29, 1.82) is 0 Å². The van der Waals surface area contributed by atoms with Gasteiger partial charge in [0.05, 0.1) is 0 Å². The van der Waals surface area contributed by atoms with Crippen molar-refractivity contribution in [2.45, 2.75) is 17.6 Å². The SMILES string of the molecule is CNC1CC(NC)(NC)S(=O)O1. The normalized spacial score (nSPS) is 33.9. The monoisotopic (exact) mass is 193 g/mol. The summed E-state index contributed by atoms with van der Waals surface area (Å²) in [7, 11) is 5.30. The molecule has 0 aliphatic carbocycles. The summed E-state index contributed by atoms with van der Waals surface area (Å²) in [5, 5.41) is 8.85. The van der Waals surface area contributed by atoms with Gasteiger partial charge in [-0.3, -0.25) is 20.1 Å². The van der Waals surface area contributed by atoms with Crippen LogP contribution in [0.25, 0.3) is 0 Å². The van der Waals surface area contributed by atoms with Crippen LogP contribution in [-0.2, 0) is 15.3 Å². The van der Waals surface area contributed by atoms with Crippen molar-refractivity contribution in [3.05, 3.63) is 0 Å². The van der Waals surface area contributed by atoms with Crippen molar-refractivity contribution in [1.82, 2.24) is 16.0 Å². The van der Waals surface area contributed by atoms with Crippen LogP contribution >= 0.6 is 0 Å². The van der Waals surface area contributed by atoms with Gasteiger partial charge in [0.1, 0.15) is 6.23 Å². The van der Waals surface area contributed by atoms with E-state index in [0.29, 0.717) is 6.42 Å². The first-order valence-electron chi connectivity index (χ1n) is 3.82. The Morgan fingerprint density at radius 3 is 2.25 bits per heavy atom. The largest absolute Gasteiger partial charge is 0.294 e. The molecule has 1 aliphatic heterocycles. The Morgan fingerprint density at radius 2 is 2.00 bits per heavy atom. The minimum absolute atomic E-state index is 0.147. The van der Waals surface area contributed by atoms with E-state index in [1.807, 2.05) is 0 Å². The molecule has 2 unspecified atom stereocenters. The zero-order valence-electron chi connectivity index (χ0n) is 7.51. The zero-order valence-corrected chi connectivity index (χ0v) is 8.33. The predicted molar refractivity (Wildman–Crippen MR) is 47.5 cm³/mol. The first-order chi connectivity index (χ1) is 5.68. The molecular formula is C6H15N3O2S. The standard InChI is InChI=1S/C6H15N3O2S/c1-7-5-4-6(8-2,9-3)12(10)11-5/h5,7-9H,4H2,1-3H3. The molecule has 0 spiro atoms. The lowest BCUT2D eigenvalue weighted by Crippen LogP contribution is -2.55. The Morgan fingerprint density at radius 1 is 1.42 bits per heavy atom. The minimum Gasteiger partial charge on any atom is -0.294 e. The molecule has 1 fully saturated rings. The van der Waals surface area contributed by atoms with Crippen molar-refractivity contribution in [2.24, 2.45) is 0 Å². The van der Waals surface area contributed by atoms with E-state index in [9.17, 15) is 4.21 Å². The second-order valence-corrected chi connectivity index (χ2v) is 4.00. The molecule has 0 aromatic carbocycles. The molecule has 1 aliphatic rings. The second-order valence-electron chi connectivity index (χ2n) is 2.64. The predicted octanol–water partition coefficient (Wildman–Crippen LogP) is -1.29. The summed E-state index contributed by atoms with van der Waals surface area (Å²) in [6.45, 7) is 0. The van der Waals surface area contributed by atoms with Gasteiger partial charge in [-0.2, -0.15) is 0 Å². The third kappa shape index (κ3) is 1.53. The molecule has 0 bridgehead atoms. The van der Waals surface area contributed by atoms with E-state index >= 15 is 0 Å². The van der Waals surface area contributed by atoms with Gasteiger partial charge >= 0.3 is 0 Å². The van der Waals surface area contributed by atoms with Gasteiger partial charge in [0.15, 0.2) is 16.1 Å². The zero-order chi connectivity index (χ0) is 9.19. The lowest BCUT2D eigenvalue weighted by molar-refractivity contribution is 0.205. The van der Waals surface area contributed by atoms with Crippen LogP contribution in [0, 0.1) is 0 Å². The van der Waals surface area contributed by atoms with Crippen molar-refractivity contribution in [3.63, 3.8) is 0 Å². The highest BCUT2D eigenvalue weighted by Crippen LogP contribution is 2.24. The van der Waals surface area contributed by atoms with Gasteiger partial charge in [-0.25, -0.2) is 4.21 Å². The second kappa shape index (κ2) is 3.80. The van der Waals surface area contributed by atoms with Crippen LogP contribution in [0.1, 0.15) is 6.42 Å². The van der Waals surface area contributed by atoms with Gasteiger partial charge < -0.3 is 0 Å². The van der Waals surface area contributed by atoms with Crippen LogP contribution in [0.2, 0.25) is 0 Å². The van der Waals surface area contributed by atoms with Crippen molar-refractivity contribution in [3.8, 4) is 0 Å². The van der Waals surface area contributed by atoms with E-state index in [1.54, 1.807) is 21.1 Å². The average Bonchev–Trinajstić information content (AvgIpc) is 2.43. The first kappa shape index (κ1) is 10.1. The summed E-state index contributed by atoms with van der Waals surface area (Å²) >= 11 is -1.33. The number of rotatable bonds is 3. The molecular weight excluding hydrogens is 178 g/mol. The van der Waals surface area contributed by atoms with E-state index in [1.165, 1.54) is 0 Å². The van der Waals surface area contributed by atoms with Crippen LogP contribution in [0.15, 0.2) is 0 Å². The summed E-state index contributed by atoms with van der Waals surface area (Å²) in [5.74, 6) is 0. The highest BCUT2D eigenvalue weighted by atomic mass is 32.2. The summed E-state index contributed by atoms with van der Waals surface area (Å²) in [6, 6.07) is 0. The van der Waals surface area contributed by atoms with E-state index in [4.69, 9.17) is 4.18 Å². The van der Waals surface area contributed by atoms with Crippen LogP contribution in [0.3, 0.4) is 0 Å². The molecule has 12 heavy (non-hydrogen) atoms. The fourth-order valence-corrected chi connectivity index (χ4v) is 2.36. The van der Waals surface area contributed by atoms with Crippen LogP contribution in [0.5, 0.6) is 0 Å². The molecule has 5 nitrogen and oxygen atoms in total. The molecule has 2 atom stereocenters. The Labute approximate surface area is 74.9 Å². The molecule has 1 saturated heterocycles. The molecule has 0 aromatic rings. The molecule has 1 heterocycles. The van der Waals surface area contributed by atoms with Crippen LogP contribution in [-0.4, -0.2) is 36.6 Å². The van der Waals surface area contributed by atoms with Crippen LogP contribution < -0.4 is 16.0 Å². The Hall–Kier alpha value is -0.0100. The maximum atomic E-state index is 11.5. The quantitative estimate of drug-likeness (QED) is 0.487. The van der Waals surface area contributed by atoms with E-state index in [0.717, 1.165) is 0 Å². The molecule has 1 rings (SSSR count). The van der Waals surface area contributed by atoms with E-state index in [2.05, 4.69) is 16.0 Å².